The first-order chi connectivity index (χ1) is 8.99. The molecule has 0 atom stereocenters. The molecule has 2 aromatic rings. The van der Waals surface area contributed by atoms with Crippen LogP contribution in [0, 0.1) is 5.82 Å². The van der Waals surface area contributed by atoms with Crippen LogP contribution in [0.1, 0.15) is 10.4 Å². The maximum absolute atomic E-state index is 13.0. The number of Topliss-reactive ketones (excluding diaryl/α,β-unsaturated/α-hetero) is 1. The lowest BCUT2D eigenvalue weighted by atomic mass is 10.1. The number of hydrogen-bond acceptors (Lipinski definition) is 3. The fourth-order valence-corrected chi connectivity index (χ4v) is 1.66. The standard InChI is InChI=1S/C13H11FN2O3/c1-15-6-5-12(18)16(13(15)19)8-11(17)9-3-2-4-10(14)7-9/h2-7H,8H2,1H3. The number of ketones is 1. The van der Waals surface area contributed by atoms with Crippen LogP contribution in [0.2, 0.25) is 0 Å². The van der Waals surface area contributed by atoms with Crippen molar-refractivity contribution in [1.82, 2.24) is 9.13 Å². The predicted octanol–water partition coefficient (Wildman–Crippen LogP) is 0.569. The fourth-order valence-electron chi connectivity index (χ4n) is 1.66. The Morgan fingerprint density at radius 2 is 2.00 bits per heavy atom. The molecule has 0 N–H and O–H groups in total. The van der Waals surface area contributed by atoms with Crippen molar-refractivity contribution in [3.05, 3.63) is 68.7 Å². The van der Waals surface area contributed by atoms with E-state index in [1.807, 2.05) is 0 Å². The monoisotopic (exact) mass is 262 g/mol. The Bertz CT molecular complexity index is 746. The first kappa shape index (κ1) is 12.9. The lowest BCUT2D eigenvalue weighted by molar-refractivity contribution is 0.0968. The quantitative estimate of drug-likeness (QED) is 0.760. The molecule has 0 radical (unpaired) electrons. The summed E-state index contributed by atoms with van der Waals surface area (Å²) in [6.07, 6.45) is 1.33. The molecular formula is C13H11FN2O3. The summed E-state index contributed by atoms with van der Waals surface area (Å²) < 4.78 is 15.0. The minimum absolute atomic E-state index is 0.123. The van der Waals surface area contributed by atoms with E-state index in [1.54, 1.807) is 0 Å². The maximum atomic E-state index is 13.0. The van der Waals surface area contributed by atoms with Crippen LogP contribution in [0.3, 0.4) is 0 Å². The van der Waals surface area contributed by atoms with Gasteiger partial charge in [0.25, 0.3) is 5.56 Å². The van der Waals surface area contributed by atoms with E-state index in [1.165, 1.54) is 42.1 Å². The van der Waals surface area contributed by atoms with Crippen LogP contribution in [-0.2, 0) is 13.6 Å². The van der Waals surface area contributed by atoms with Crippen molar-refractivity contribution >= 4 is 5.78 Å². The maximum Gasteiger partial charge on any atom is 0.331 e. The van der Waals surface area contributed by atoms with E-state index >= 15 is 0 Å². The zero-order valence-corrected chi connectivity index (χ0v) is 10.2. The Kier molecular flexibility index (Phi) is 3.41. The molecule has 0 saturated heterocycles. The summed E-state index contributed by atoms with van der Waals surface area (Å²) in [7, 11) is 1.48. The molecule has 1 aromatic heterocycles. The van der Waals surface area contributed by atoms with Gasteiger partial charge >= 0.3 is 5.69 Å². The second-order valence-corrected chi connectivity index (χ2v) is 4.07. The molecule has 1 heterocycles. The second-order valence-electron chi connectivity index (χ2n) is 4.07. The van der Waals surface area contributed by atoms with Gasteiger partial charge in [-0.1, -0.05) is 12.1 Å². The normalized spacial score (nSPS) is 10.4. The molecule has 0 spiro atoms. The van der Waals surface area contributed by atoms with Gasteiger partial charge in [-0.2, -0.15) is 0 Å². The molecule has 0 aliphatic rings. The highest BCUT2D eigenvalue weighted by atomic mass is 19.1. The van der Waals surface area contributed by atoms with Crippen LogP contribution in [0.5, 0.6) is 0 Å². The van der Waals surface area contributed by atoms with Gasteiger partial charge < -0.3 is 4.57 Å². The topological polar surface area (TPSA) is 61.1 Å². The Hall–Kier alpha value is -2.50. The molecule has 2 rings (SSSR count). The number of halogens is 1. The number of nitrogens with zero attached hydrogens (tertiary/aromatic N) is 2. The zero-order chi connectivity index (χ0) is 14.0. The number of hydrogen-bond donors (Lipinski definition) is 0. The SMILES string of the molecule is Cn1ccc(=O)n(CC(=O)c2cccc(F)c2)c1=O. The molecule has 1 aromatic carbocycles. The Labute approximate surface area is 107 Å². The lowest BCUT2D eigenvalue weighted by Crippen LogP contribution is -2.39. The van der Waals surface area contributed by atoms with Crippen LogP contribution < -0.4 is 11.2 Å². The molecular weight excluding hydrogens is 251 g/mol. The number of benzene rings is 1. The summed E-state index contributed by atoms with van der Waals surface area (Å²) in [5.41, 5.74) is -1.03. The van der Waals surface area contributed by atoms with Crippen LogP contribution in [0.25, 0.3) is 0 Å². The Balaban J connectivity index is 2.37. The van der Waals surface area contributed by atoms with Gasteiger partial charge in [0.15, 0.2) is 5.78 Å². The molecule has 0 aliphatic carbocycles. The van der Waals surface area contributed by atoms with Crippen molar-refractivity contribution < 1.29 is 9.18 Å². The second kappa shape index (κ2) is 5.01. The van der Waals surface area contributed by atoms with Gasteiger partial charge in [0.2, 0.25) is 0 Å². The number of carbonyl (C=O) groups excluding carboxylic acids is 1. The predicted molar refractivity (Wildman–Crippen MR) is 66.7 cm³/mol. The molecule has 0 bridgehead atoms. The van der Waals surface area contributed by atoms with Gasteiger partial charge in [-0.25, -0.2) is 9.18 Å². The highest BCUT2D eigenvalue weighted by Gasteiger charge is 2.11. The van der Waals surface area contributed by atoms with Gasteiger partial charge in [-0.05, 0) is 12.1 Å². The molecule has 0 fully saturated rings. The van der Waals surface area contributed by atoms with Crippen molar-refractivity contribution in [2.75, 3.05) is 0 Å². The van der Waals surface area contributed by atoms with Crippen molar-refractivity contribution in [3.8, 4) is 0 Å². The van der Waals surface area contributed by atoms with E-state index in [4.69, 9.17) is 0 Å². The summed E-state index contributed by atoms with van der Waals surface area (Å²) >= 11 is 0. The average molecular weight is 262 g/mol. The lowest BCUT2D eigenvalue weighted by Gasteiger charge is -2.05. The number of rotatable bonds is 3. The summed E-state index contributed by atoms with van der Waals surface area (Å²) in [5.74, 6) is -1.04. The first-order valence-electron chi connectivity index (χ1n) is 5.54. The molecule has 19 heavy (non-hydrogen) atoms. The van der Waals surface area contributed by atoms with E-state index in [0.29, 0.717) is 0 Å². The Morgan fingerprint density at radius 3 is 2.68 bits per heavy atom. The van der Waals surface area contributed by atoms with Crippen molar-refractivity contribution in [3.63, 3.8) is 0 Å². The highest BCUT2D eigenvalue weighted by molar-refractivity contribution is 5.95. The Morgan fingerprint density at radius 1 is 1.26 bits per heavy atom. The van der Waals surface area contributed by atoms with Gasteiger partial charge in [-0.3, -0.25) is 14.2 Å². The number of aromatic nitrogens is 2. The van der Waals surface area contributed by atoms with E-state index in [0.717, 1.165) is 10.6 Å². The molecule has 0 unspecified atom stereocenters. The largest absolute Gasteiger partial charge is 0.331 e. The van der Waals surface area contributed by atoms with Crippen molar-refractivity contribution in [1.29, 1.82) is 0 Å². The number of carbonyl (C=O) groups is 1. The minimum Gasteiger partial charge on any atom is -0.303 e. The smallest absolute Gasteiger partial charge is 0.303 e. The van der Waals surface area contributed by atoms with E-state index in [-0.39, 0.29) is 5.56 Å². The summed E-state index contributed by atoms with van der Waals surface area (Å²) in [6.45, 7) is -0.407. The summed E-state index contributed by atoms with van der Waals surface area (Å²) in [5, 5.41) is 0. The highest BCUT2D eigenvalue weighted by Crippen LogP contribution is 2.04. The van der Waals surface area contributed by atoms with Gasteiger partial charge in [0.05, 0.1) is 6.54 Å². The van der Waals surface area contributed by atoms with E-state index in [9.17, 15) is 18.8 Å². The molecule has 98 valence electrons. The molecule has 0 aliphatic heterocycles. The van der Waals surface area contributed by atoms with E-state index < -0.39 is 29.4 Å². The van der Waals surface area contributed by atoms with Gasteiger partial charge in [-0.15, -0.1) is 0 Å². The minimum atomic E-state index is -0.586. The van der Waals surface area contributed by atoms with Crippen LogP contribution in [-0.4, -0.2) is 14.9 Å². The van der Waals surface area contributed by atoms with Crippen molar-refractivity contribution in [2.24, 2.45) is 7.05 Å². The molecule has 6 heteroatoms. The molecule has 0 amide bonds. The molecule has 5 nitrogen and oxygen atoms in total. The van der Waals surface area contributed by atoms with Gasteiger partial charge in [0.1, 0.15) is 5.82 Å². The summed E-state index contributed by atoms with van der Waals surface area (Å²) in [4.78, 5) is 35.2. The molecule has 0 saturated carbocycles. The fraction of sp³-hybridized carbons (Fsp3) is 0.154. The van der Waals surface area contributed by atoms with E-state index in [2.05, 4.69) is 0 Å². The summed E-state index contributed by atoms with van der Waals surface area (Å²) in [6, 6.07) is 6.31. The third kappa shape index (κ3) is 2.67. The zero-order valence-electron chi connectivity index (χ0n) is 10.2. The number of aryl methyl sites for hydroxylation is 1. The van der Waals surface area contributed by atoms with Crippen LogP contribution >= 0.6 is 0 Å². The first-order valence-corrected chi connectivity index (χ1v) is 5.54. The third-order valence-corrected chi connectivity index (χ3v) is 2.69. The van der Waals surface area contributed by atoms with Crippen molar-refractivity contribution in [2.45, 2.75) is 6.54 Å². The van der Waals surface area contributed by atoms with Crippen LogP contribution in [0.15, 0.2) is 46.1 Å². The van der Waals surface area contributed by atoms with Crippen LogP contribution in [0.4, 0.5) is 4.39 Å². The third-order valence-electron chi connectivity index (χ3n) is 2.69. The van der Waals surface area contributed by atoms with Gasteiger partial charge in [0, 0.05) is 24.9 Å². The average Bonchev–Trinajstić information content (AvgIpc) is 2.39.